The molecule has 0 saturated carbocycles. The van der Waals surface area contributed by atoms with Crippen molar-refractivity contribution in [1.82, 2.24) is 9.80 Å². The predicted molar refractivity (Wildman–Crippen MR) is 118 cm³/mol. The van der Waals surface area contributed by atoms with Gasteiger partial charge in [0.25, 0.3) is 0 Å². The highest BCUT2D eigenvalue weighted by molar-refractivity contribution is 5.86. The number of carboxylic acid groups (broad SMARTS) is 1. The molecule has 0 spiro atoms. The van der Waals surface area contributed by atoms with Crippen molar-refractivity contribution >= 4 is 29.9 Å². The van der Waals surface area contributed by atoms with Gasteiger partial charge in [-0.1, -0.05) is 0 Å². The number of amides is 2. The maximum Gasteiger partial charge on any atom is 0.511 e. The smallest absolute Gasteiger partial charge is 0.480 e. The molecule has 12 nitrogen and oxygen atoms in total. The maximum absolute atomic E-state index is 12.6. The molecule has 0 aromatic carbocycles. The molecule has 0 aromatic heterocycles. The van der Waals surface area contributed by atoms with Gasteiger partial charge in [-0.05, 0) is 38.5 Å². The zero-order valence-corrected chi connectivity index (χ0v) is 19.9. The number of ether oxygens (including phenoxy) is 4. The van der Waals surface area contributed by atoms with Crippen molar-refractivity contribution in [2.45, 2.75) is 82.4 Å². The molecule has 0 radical (unpaired) electrons. The van der Waals surface area contributed by atoms with Crippen LogP contribution < -0.4 is 0 Å². The molecule has 0 unspecified atom stereocenters. The molecular weight excluding hydrogens is 464 g/mol. The molecule has 1 N–H and O–H groups in total. The normalized spacial score (nSPS) is 22.6. The van der Waals surface area contributed by atoms with E-state index in [1.807, 2.05) is 0 Å². The molecule has 12 heteroatoms. The zero-order chi connectivity index (χ0) is 25.2. The lowest BCUT2D eigenvalue weighted by molar-refractivity contribution is -0.162. The molecular formula is C23H34N2O10. The number of aliphatic carboxylic acids is 1. The minimum absolute atomic E-state index is 0.174. The van der Waals surface area contributed by atoms with E-state index in [-0.39, 0.29) is 30.8 Å². The fourth-order valence-corrected chi connectivity index (χ4v) is 4.67. The van der Waals surface area contributed by atoms with E-state index in [0.29, 0.717) is 77.7 Å². The monoisotopic (exact) mass is 498 g/mol. The van der Waals surface area contributed by atoms with Gasteiger partial charge in [-0.25, -0.2) is 14.4 Å². The van der Waals surface area contributed by atoms with E-state index in [9.17, 15) is 29.1 Å². The van der Waals surface area contributed by atoms with E-state index in [4.69, 9.17) is 18.9 Å². The third-order valence-corrected chi connectivity index (χ3v) is 6.54. The molecule has 0 aliphatic carbocycles. The second-order valence-corrected chi connectivity index (χ2v) is 8.94. The van der Waals surface area contributed by atoms with Crippen LogP contribution in [0.1, 0.15) is 64.2 Å². The van der Waals surface area contributed by atoms with E-state index in [1.54, 1.807) is 0 Å². The number of nitrogens with zero attached hydrogens (tertiary/aromatic N) is 2. The Balaban J connectivity index is 1.32. The Kier molecular flexibility index (Phi) is 10.1. The van der Waals surface area contributed by atoms with Gasteiger partial charge in [0.05, 0.1) is 13.2 Å². The summed E-state index contributed by atoms with van der Waals surface area (Å²) in [5.74, 6) is -2.04. The van der Waals surface area contributed by atoms with Crippen LogP contribution >= 0.6 is 0 Å². The molecule has 3 aliphatic heterocycles. The van der Waals surface area contributed by atoms with Gasteiger partial charge in [0.2, 0.25) is 18.6 Å². The first-order chi connectivity index (χ1) is 16.9. The van der Waals surface area contributed by atoms with Gasteiger partial charge in [-0.2, -0.15) is 0 Å². The molecule has 3 heterocycles. The van der Waals surface area contributed by atoms with Crippen LogP contribution in [0, 0.1) is 0 Å². The van der Waals surface area contributed by atoms with Gasteiger partial charge in [0.1, 0.15) is 18.2 Å². The first-order valence-corrected chi connectivity index (χ1v) is 12.3. The average Bonchev–Trinajstić information content (AvgIpc) is 3.52. The van der Waals surface area contributed by atoms with Crippen LogP contribution in [-0.4, -0.2) is 96.1 Å². The quantitative estimate of drug-likeness (QED) is 0.266. The van der Waals surface area contributed by atoms with E-state index < -0.39 is 37.0 Å². The van der Waals surface area contributed by atoms with E-state index in [0.717, 1.165) is 0 Å². The first kappa shape index (κ1) is 26.7. The lowest BCUT2D eigenvalue weighted by atomic mass is 10.1. The second-order valence-electron chi connectivity index (χ2n) is 8.94. The number of carboxylic acids is 1. The summed E-state index contributed by atoms with van der Waals surface area (Å²) in [5, 5.41) is 9.20. The minimum atomic E-state index is -0.986. The fourth-order valence-electron chi connectivity index (χ4n) is 4.67. The lowest BCUT2D eigenvalue weighted by Gasteiger charge is -2.24. The highest BCUT2D eigenvalue weighted by Crippen LogP contribution is 2.22. The van der Waals surface area contributed by atoms with Crippen LogP contribution in [0.5, 0.6) is 0 Å². The van der Waals surface area contributed by atoms with Crippen molar-refractivity contribution in [3.05, 3.63) is 0 Å². The van der Waals surface area contributed by atoms with E-state index in [1.165, 1.54) is 9.80 Å². The molecule has 3 saturated heterocycles. The first-order valence-electron chi connectivity index (χ1n) is 12.3. The summed E-state index contributed by atoms with van der Waals surface area (Å²) in [4.78, 5) is 63.2. The van der Waals surface area contributed by atoms with E-state index >= 15 is 0 Å². The van der Waals surface area contributed by atoms with Gasteiger partial charge >= 0.3 is 18.1 Å². The van der Waals surface area contributed by atoms with Crippen molar-refractivity contribution in [1.29, 1.82) is 0 Å². The standard InChI is InChI=1S/C23H34N2O10/c26-19(24-11-3-5-17(24)21(28)29)7-1-2-8-20(27)25-12-4-6-18(25)22(30)33-15-34-23(31)35-16-9-13-32-14-10-16/h16-18H,1-15H2,(H,28,29)/t17-,18-/m1/s1. The minimum Gasteiger partial charge on any atom is -0.480 e. The number of unbranched alkanes of at least 4 members (excludes halogenated alkanes) is 1. The number of esters is 1. The van der Waals surface area contributed by atoms with Crippen LogP contribution in [0.4, 0.5) is 4.79 Å². The molecule has 3 rings (SSSR count). The largest absolute Gasteiger partial charge is 0.511 e. The number of carbonyl (C=O) groups is 5. The second kappa shape index (κ2) is 13.3. The topological polar surface area (TPSA) is 149 Å². The number of rotatable bonds is 10. The number of hydrogen-bond donors (Lipinski definition) is 1. The SMILES string of the molecule is O=C(OCOC(=O)[C@H]1CCCN1C(=O)CCCCC(=O)N1CCC[C@@H]1C(=O)O)OC1CCOCC1. The van der Waals surface area contributed by atoms with Crippen LogP contribution in [0.3, 0.4) is 0 Å². The Bertz CT molecular complexity index is 782. The Hall–Kier alpha value is -2.89. The van der Waals surface area contributed by atoms with Gasteiger partial charge in [-0.3, -0.25) is 9.59 Å². The molecule has 3 fully saturated rings. The Labute approximate surface area is 203 Å². The third kappa shape index (κ3) is 7.81. The van der Waals surface area contributed by atoms with Gasteiger partial charge < -0.3 is 33.9 Å². The van der Waals surface area contributed by atoms with E-state index in [2.05, 4.69) is 0 Å². The van der Waals surface area contributed by atoms with Crippen molar-refractivity contribution in [2.24, 2.45) is 0 Å². The molecule has 2 atom stereocenters. The maximum atomic E-state index is 12.6. The van der Waals surface area contributed by atoms with Crippen molar-refractivity contribution in [3.63, 3.8) is 0 Å². The van der Waals surface area contributed by atoms with Gasteiger partial charge in [0, 0.05) is 38.8 Å². The summed E-state index contributed by atoms with van der Waals surface area (Å²) < 4.78 is 20.2. The van der Waals surface area contributed by atoms with Crippen LogP contribution in [0.15, 0.2) is 0 Å². The summed E-state index contributed by atoms with van der Waals surface area (Å²) in [6.07, 6.45) is 3.51. The summed E-state index contributed by atoms with van der Waals surface area (Å²) in [7, 11) is 0. The molecule has 196 valence electrons. The highest BCUT2D eigenvalue weighted by atomic mass is 16.8. The summed E-state index contributed by atoms with van der Waals surface area (Å²) in [6, 6.07) is -1.49. The van der Waals surface area contributed by atoms with Crippen molar-refractivity contribution in [2.75, 3.05) is 33.1 Å². The lowest BCUT2D eigenvalue weighted by Crippen LogP contribution is -2.41. The molecule has 2 amide bonds. The fraction of sp³-hybridized carbons (Fsp3) is 0.783. The molecule has 0 aromatic rings. The summed E-state index contributed by atoms with van der Waals surface area (Å²) in [5.41, 5.74) is 0. The Morgan fingerprint density at radius 3 is 1.97 bits per heavy atom. The highest BCUT2D eigenvalue weighted by Gasteiger charge is 2.36. The molecule has 0 bridgehead atoms. The molecule has 3 aliphatic rings. The number of hydrogen-bond acceptors (Lipinski definition) is 9. The van der Waals surface area contributed by atoms with Gasteiger partial charge in [0.15, 0.2) is 0 Å². The Morgan fingerprint density at radius 2 is 1.37 bits per heavy atom. The third-order valence-electron chi connectivity index (χ3n) is 6.54. The average molecular weight is 499 g/mol. The van der Waals surface area contributed by atoms with Crippen LogP contribution in [-0.2, 0) is 38.1 Å². The van der Waals surface area contributed by atoms with Gasteiger partial charge in [-0.15, -0.1) is 0 Å². The number of likely N-dealkylation sites (tertiary alicyclic amines) is 2. The zero-order valence-electron chi connectivity index (χ0n) is 19.9. The predicted octanol–water partition coefficient (Wildman–Crippen LogP) is 1.45. The molecule has 35 heavy (non-hydrogen) atoms. The van der Waals surface area contributed by atoms with Crippen LogP contribution in [0.2, 0.25) is 0 Å². The Morgan fingerprint density at radius 1 is 0.800 bits per heavy atom. The van der Waals surface area contributed by atoms with Crippen molar-refractivity contribution < 1.29 is 48.0 Å². The summed E-state index contributed by atoms with van der Waals surface area (Å²) >= 11 is 0. The summed E-state index contributed by atoms with van der Waals surface area (Å²) in [6.45, 7) is 1.31. The van der Waals surface area contributed by atoms with Crippen LogP contribution in [0.25, 0.3) is 0 Å². The van der Waals surface area contributed by atoms with Crippen molar-refractivity contribution in [3.8, 4) is 0 Å². The number of carbonyl (C=O) groups excluding carboxylic acids is 4.